The molecule has 0 aliphatic heterocycles. The third kappa shape index (κ3) is 5.73. The van der Waals surface area contributed by atoms with Gasteiger partial charge in [0, 0.05) is 11.8 Å². The van der Waals surface area contributed by atoms with E-state index in [4.69, 9.17) is 18.9 Å². The molecule has 1 amide bonds. The van der Waals surface area contributed by atoms with E-state index in [2.05, 4.69) is 5.32 Å². The molecule has 2 aromatic rings. The SMILES string of the molecule is COc1cc(C=CC(=O)OCC(=O)Nc2ccc(F)cc2)cc(OC)c1OC. The monoisotopic (exact) mass is 389 g/mol. The van der Waals surface area contributed by atoms with Crippen LogP contribution in [0, 0.1) is 5.82 Å². The minimum absolute atomic E-state index is 0.399. The fraction of sp³-hybridized carbons (Fsp3) is 0.200. The maximum Gasteiger partial charge on any atom is 0.331 e. The second-order valence-electron chi connectivity index (χ2n) is 5.45. The molecular formula is C20H20FNO6. The molecule has 28 heavy (non-hydrogen) atoms. The van der Waals surface area contributed by atoms with E-state index >= 15 is 0 Å². The molecule has 0 spiro atoms. The summed E-state index contributed by atoms with van der Waals surface area (Å²) < 4.78 is 33.4. The summed E-state index contributed by atoms with van der Waals surface area (Å²) in [6.07, 6.45) is 2.66. The van der Waals surface area contributed by atoms with E-state index in [9.17, 15) is 14.0 Å². The van der Waals surface area contributed by atoms with Crippen LogP contribution in [0.3, 0.4) is 0 Å². The number of benzene rings is 2. The number of amides is 1. The maximum atomic E-state index is 12.8. The number of hydrogen-bond acceptors (Lipinski definition) is 6. The number of nitrogens with one attached hydrogen (secondary N) is 1. The van der Waals surface area contributed by atoms with Gasteiger partial charge >= 0.3 is 5.97 Å². The summed E-state index contributed by atoms with van der Waals surface area (Å²) in [5, 5.41) is 2.49. The Morgan fingerprint density at radius 1 is 1.00 bits per heavy atom. The molecule has 0 radical (unpaired) electrons. The summed E-state index contributed by atoms with van der Waals surface area (Å²) in [5.41, 5.74) is 1.01. The van der Waals surface area contributed by atoms with Gasteiger partial charge in [0.05, 0.1) is 21.3 Å². The molecule has 148 valence electrons. The zero-order chi connectivity index (χ0) is 20.5. The van der Waals surface area contributed by atoms with Crippen molar-refractivity contribution in [3.05, 3.63) is 53.9 Å². The Kier molecular flexibility index (Phi) is 7.38. The van der Waals surface area contributed by atoms with E-state index in [0.29, 0.717) is 28.5 Å². The van der Waals surface area contributed by atoms with Gasteiger partial charge in [-0.2, -0.15) is 0 Å². The van der Waals surface area contributed by atoms with Crippen LogP contribution in [0.4, 0.5) is 10.1 Å². The lowest BCUT2D eigenvalue weighted by Crippen LogP contribution is -2.20. The van der Waals surface area contributed by atoms with Crippen LogP contribution in [-0.4, -0.2) is 39.8 Å². The van der Waals surface area contributed by atoms with Crippen molar-refractivity contribution in [3.8, 4) is 17.2 Å². The highest BCUT2D eigenvalue weighted by molar-refractivity contribution is 5.94. The van der Waals surface area contributed by atoms with Gasteiger partial charge in [0.2, 0.25) is 5.75 Å². The first-order valence-electron chi connectivity index (χ1n) is 8.17. The fourth-order valence-corrected chi connectivity index (χ4v) is 2.28. The molecule has 8 heteroatoms. The fourth-order valence-electron chi connectivity index (χ4n) is 2.28. The molecule has 0 fully saturated rings. The standard InChI is InChI=1S/C20H20FNO6/c1-25-16-10-13(11-17(26-2)20(16)27-3)4-9-19(24)28-12-18(23)22-15-7-5-14(21)6-8-15/h4-11H,12H2,1-3H3,(H,22,23). The van der Waals surface area contributed by atoms with Gasteiger partial charge in [-0.3, -0.25) is 4.79 Å². The van der Waals surface area contributed by atoms with Crippen LogP contribution in [0.5, 0.6) is 17.2 Å². The van der Waals surface area contributed by atoms with E-state index in [-0.39, 0.29) is 0 Å². The van der Waals surface area contributed by atoms with Crippen molar-refractivity contribution in [3.63, 3.8) is 0 Å². The Bertz CT molecular complexity index is 838. The summed E-state index contributed by atoms with van der Waals surface area (Å²) in [4.78, 5) is 23.6. The largest absolute Gasteiger partial charge is 0.493 e. The molecule has 0 saturated heterocycles. The van der Waals surface area contributed by atoms with Gasteiger partial charge in [-0.1, -0.05) is 0 Å². The first-order chi connectivity index (χ1) is 13.5. The molecule has 0 heterocycles. The third-order valence-corrected chi connectivity index (χ3v) is 3.57. The number of esters is 1. The first-order valence-corrected chi connectivity index (χ1v) is 8.17. The second kappa shape index (κ2) is 9.96. The van der Waals surface area contributed by atoms with Crippen LogP contribution in [-0.2, 0) is 14.3 Å². The number of carbonyl (C=O) groups excluding carboxylic acids is 2. The van der Waals surface area contributed by atoms with Crippen molar-refractivity contribution < 1.29 is 32.9 Å². The summed E-state index contributed by atoms with van der Waals surface area (Å²) in [5.74, 6) is -0.352. The van der Waals surface area contributed by atoms with E-state index in [1.165, 1.54) is 57.7 Å². The number of anilines is 1. The lowest BCUT2D eigenvalue weighted by molar-refractivity contribution is -0.142. The number of ether oxygens (including phenoxy) is 4. The Morgan fingerprint density at radius 2 is 1.61 bits per heavy atom. The molecule has 0 aliphatic rings. The summed E-state index contributed by atoms with van der Waals surface area (Å²) >= 11 is 0. The van der Waals surface area contributed by atoms with Crippen molar-refractivity contribution in [1.29, 1.82) is 0 Å². The van der Waals surface area contributed by atoms with Gasteiger partial charge in [0.25, 0.3) is 5.91 Å². The minimum Gasteiger partial charge on any atom is -0.493 e. The lowest BCUT2D eigenvalue weighted by atomic mass is 10.1. The average molecular weight is 389 g/mol. The third-order valence-electron chi connectivity index (χ3n) is 3.57. The van der Waals surface area contributed by atoms with Crippen molar-refractivity contribution >= 4 is 23.6 Å². The highest BCUT2D eigenvalue weighted by atomic mass is 19.1. The highest BCUT2D eigenvalue weighted by Crippen LogP contribution is 2.38. The molecule has 0 atom stereocenters. The smallest absolute Gasteiger partial charge is 0.331 e. The molecule has 0 saturated carbocycles. The van der Waals surface area contributed by atoms with Crippen molar-refractivity contribution in [2.75, 3.05) is 33.3 Å². The predicted molar refractivity (Wildman–Crippen MR) is 101 cm³/mol. The van der Waals surface area contributed by atoms with E-state index in [1.807, 2.05) is 0 Å². The number of rotatable bonds is 8. The maximum absolute atomic E-state index is 12.8. The summed E-state index contributed by atoms with van der Waals surface area (Å²) in [7, 11) is 4.46. The average Bonchev–Trinajstić information content (AvgIpc) is 2.71. The second-order valence-corrected chi connectivity index (χ2v) is 5.45. The Morgan fingerprint density at radius 3 is 2.14 bits per heavy atom. The van der Waals surface area contributed by atoms with Crippen LogP contribution >= 0.6 is 0 Å². The van der Waals surface area contributed by atoms with Crippen LogP contribution in [0.2, 0.25) is 0 Å². The van der Waals surface area contributed by atoms with E-state index in [0.717, 1.165) is 0 Å². The Labute approximate surface area is 161 Å². The number of carbonyl (C=O) groups is 2. The zero-order valence-electron chi connectivity index (χ0n) is 15.7. The number of hydrogen-bond donors (Lipinski definition) is 1. The van der Waals surface area contributed by atoms with Gasteiger partial charge in [-0.15, -0.1) is 0 Å². The Hall–Kier alpha value is -3.55. The normalized spacial score (nSPS) is 10.4. The minimum atomic E-state index is -0.706. The molecule has 0 bridgehead atoms. The molecular weight excluding hydrogens is 369 g/mol. The Balaban J connectivity index is 1.94. The van der Waals surface area contributed by atoms with Crippen molar-refractivity contribution in [1.82, 2.24) is 0 Å². The van der Waals surface area contributed by atoms with Gasteiger partial charge in [-0.05, 0) is 48.0 Å². The summed E-state index contributed by atoms with van der Waals surface area (Å²) in [6, 6.07) is 8.54. The van der Waals surface area contributed by atoms with Crippen molar-refractivity contribution in [2.45, 2.75) is 0 Å². The number of halogens is 1. The van der Waals surface area contributed by atoms with Gasteiger partial charge < -0.3 is 24.3 Å². The molecule has 1 N–H and O–H groups in total. The summed E-state index contributed by atoms with van der Waals surface area (Å²) in [6.45, 7) is -0.476. The van der Waals surface area contributed by atoms with Gasteiger partial charge in [0.15, 0.2) is 18.1 Å². The zero-order valence-corrected chi connectivity index (χ0v) is 15.7. The van der Waals surface area contributed by atoms with Crippen LogP contribution in [0.1, 0.15) is 5.56 Å². The lowest BCUT2D eigenvalue weighted by Gasteiger charge is -2.12. The molecule has 2 aromatic carbocycles. The molecule has 0 unspecified atom stereocenters. The van der Waals surface area contributed by atoms with Crippen molar-refractivity contribution in [2.24, 2.45) is 0 Å². The van der Waals surface area contributed by atoms with E-state index < -0.39 is 24.3 Å². The molecule has 0 aromatic heterocycles. The number of methoxy groups -OCH3 is 3. The first kappa shape index (κ1) is 20.8. The molecule has 0 aliphatic carbocycles. The molecule has 7 nitrogen and oxygen atoms in total. The van der Waals surface area contributed by atoms with Gasteiger partial charge in [-0.25, -0.2) is 9.18 Å². The van der Waals surface area contributed by atoms with E-state index in [1.54, 1.807) is 12.1 Å². The van der Waals surface area contributed by atoms with Crippen LogP contribution in [0.25, 0.3) is 6.08 Å². The highest BCUT2D eigenvalue weighted by Gasteiger charge is 2.12. The van der Waals surface area contributed by atoms with Gasteiger partial charge in [0.1, 0.15) is 5.82 Å². The van der Waals surface area contributed by atoms with Crippen LogP contribution in [0.15, 0.2) is 42.5 Å². The quantitative estimate of drug-likeness (QED) is 0.552. The molecule has 2 rings (SSSR count). The van der Waals surface area contributed by atoms with Crippen LogP contribution < -0.4 is 19.5 Å². The topological polar surface area (TPSA) is 83.1 Å². The predicted octanol–water partition coefficient (Wildman–Crippen LogP) is 3.05.